The van der Waals surface area contributed by atoms with Crippen LogP contribution in [0, 0.1) is 0 Å². The summed E-state index contributed by atoms with van der Waals surface area (Å²) >= 11 is 0. The van der Waals surface area contributed by atoms with Gasteiger partial charge in [0.2, 0.25) is 0 Å². The molecule has 1 aliphatic rings. The monoisotopic (exact) mass is 246 g/mol. The average molecular weight is 246 g/mol. The molecule has 0 radical (unpaired) electrons. The lowest BCUT2D eigenvalue weighted by Crippen LogP contribution is -2.18. The van der Waals surface area contributed by atoms with Crippen LogP contribution in [0.15, 0.2) is 65.7 Å². The summed E-state index contributed by atoms with van der Waals surface area (Å²) in [5.41, 5.74) is 4.86. The molecule has 0 saturated carbocycles. The molecule has 4 rings (SSSR count). The first-order chi connectivity index (χ1) is 9.43. The highest BCUT2D eigenvalue weighted by Crippen LogP contribution is 2.24. The van der Waals surface area contributed by atoms with Crippen LogP contribution in [0.4, 0.5) is 0 Å². The van der Waals surface area contributed by atoms with Crippen molar-refractivity contribution >= 4 is 16.6 Å². The van der Waals surface area contributed by atoms with Crippen molar-refractivity contribution in [3.8, 4) is 0 Å². The number of hydrogen-bond donors (Lipinski definition) is 0. The Labute approximate surface area is 112 Å². The third kappa shape index (κ3) is 1.60. The van der Waals surface area contributed by atoms with Crippen molar-refractivity contribution in [1.82, 2.24) is 4.57 Å². The molecule has 1 aromatic heterocycles. The Morgan fingerprint density at radius 3 is 2.58 bits per heavy atom. The molecule has 0 amide bonds. The van der Waals surface area contributed by atoms with E-state index >= 15 is 0 Å². The number of aliphatic imine (C=N–C) groups is 1. The van der Waals surface area contributed by atoms with Gasteiger partial charge in [0.15, 0.2) is 0 Å². The minimum atomic E-state index is 0.857. The van der Waals surface area contributed by atoms with Gasteiger partial charge in [0.05, 0.1) is 18.0 Å². The van der Waals surface area contributed by atoms with Gasteiger partial charge >= 0.3 is 0 Å². The predicted molar refractivity (Wildman–Crippen MR) is 78.9 cm³/mol. The number of para-hydroxylation sites is 1. The Bertz CT molecular complexity index is 766. The van der Waals surface area contributed by atoms with E-state index in [-0.39, 0.29) is 0 Å². The lowest BCUT2D eigenvalue weighted by Gasteiger charge is -2.17. The van der Waals surface area contributed by atoms with Crippen molar-refractivity contribution in [3.05, 3.63) is 71.9 Å². The predicted octanol–water partition coefficient (Wildman–Crippen LogP) is 3.49. The zero-order chi connectivity index (χ0) is 12.7. The quantitative estimate of drug-likeness (QED) is 0.625. The molecule has 0 N–H and O–H groups in total. The Morgan fingerprint density at radius 1 is 0.895 bits per heavy atom. The first kappa shape index (κ1) is 10.6. The molecule has 1 aliphatic heterocycles. The lowest BCUT2D eigenvalue weighted by molar-refractivity contribution is 0.711. The van der Waals surface area contributed by atoms with E-state index in [0.29, 0.717) is 0 Å². The van der Waals surface area contributed by atoms with E-state index in [4.69, 9.17) is 4.99 Å². The second-order valence-electron chi connectivity index (χ2n) is 4.84. The Hall–Kier alpha value is -2.35. The number of nitrogens with zero attached hydrogens (tertiary/aromatic N) is 2. The van der Waals surface area contributed by atoms with Gasteiger partial charge in [-0.05, 0) is 12.1 Å². The topological polar surface area (TPSA) is 17.3 Å². The van der Waals surface area contributed by atoms with E-state index in [1.54, 1.807) is 0 Å². The van der Waals surface area contributed by atoms with E-state index in [9.17, 15) is 0 Å². The Morgan fingerprint density at radius 2 is 1.68 bits per heavy atom. The molecule has 0 saturated heterocycles. The fourth-order valence-corrected chi connectivity index (χ4v) is 2.83. The van der Waals surface area contributed by atoms with E-state index < -0.39 is 0 Å². The highest BCUT2D eigenvalue weighted by Gasteiger charge is 2.17. The fourth-order valence-electron chi connectivity index (χ4n) is 2.83. The summed E-state index contributed by atoms with van der Waals surface area (Å²) in [6.07, 6.45) is 0. The number of fused-ring (bicyclic) bond motifs is 3. The SMILES string of the molecule is c1ccc(C2=NCCn3c2cc2ccccc23)cc1. The molecule has 0 atom stereocenters. The Kier molecular flexibility index (Phi) is 2.27. The van der Waals surface area contributed by atoms with Crippen molar-refractivity contribution in [2.45, 2.75) is 6.54 Å². The molecule has 0 unspecified atom stereocenters. The molecule has 19 heavy (non-hydrogen) atoms. The van der Waals surface area contributed by atoms with E-state index in [1.807, 2.05) is 6.07 Å². The van der Waals surface area contributed by atoms with Crippen molar-refractivity contribution in [1.29, 1.82) is 0 Å². The van der Waals surface area contributed by atoms with E-state index in [0.717, 1.165) is 18.8 Å². The summed E-state index contributed by atoms with van der Waals surface area (Å²) in [5.74, 6) is 0. The van der Waals surface area contributed by atoms with E-state index in [1.165, 1.54) is 22.2 Å². The number of benzene rings is 2. The normalized spacial score (nSPS) is 14.2. The average Bonchev–Trinajstić information content (AvgIpc) is 2.87. The Balaban J connectivity index is 1.96. The molecule has 2 heterocycles. The molecule has 0 fully saturated rings. The molecule has 2 aromatic carbocycles. The standard InChI is InChI=1S/C17H14N2/c1-2-6-13(7-3-1)17-16-12-14-8-4-5-9-15(14)19(16)11-10-18-17/h1-9,12H,10-11H2. The van der Waals surface area contributed by atoms with Crippen molar-refractivity contribution in [2.24, 2.45) is 4.99 Å². The largest absolute Gasteiger partial charge is 0.337 e. The third-order valence-corrected chi connectivity index (χ3v) is 3.69. The minimum Gasteiger partial charge on any atom is -0.337 e. The smallest absolute Gasteiger partial charge is 0.0884 e. The van der Waals surface area contributed by atoms with Crippen molar-refractivity contribution < 1.29 is 0 Å². The first-order valence-electron chi connectivity index (χ1n) is 6.62. The molecule has 92 valence electrons. The maximum atomic E-state index is 4.73. The molecule has 0 aliphatic carbocycles. The van der Waals surface area contributed by atoms with Gasteiger partial charge in [-0.3, -0.25) is 4.99 Å². The zero-order valence-electron chi connectivity index (χ0n) is 10.6. The summed E-state index contributed by atoms with van der Waals surface area (Å²) < 4.78 is 2.38. The highest BCUT2D eigenvalue weighted by atomic mass is 15.0. The number of hydrogen-bond acceptors (Lipinski definition) is 1. The van der Waals surface area contributed by atoms with Crippen molar-refractivity contribution in [2.75, 3.05) is 6.54 Å². The number of rotatable bonds is 1. The molecular formula is C17H14N2. The molecule has 2 heteroatoms. The second kappa shape index (κ2) is 4.09. The highest BCUT2D eigenvalue weighted by molar-refractivity contribution is 6.14. The van der Waals surface area contributed by atoms with Crippen LogP contribution in [0.5, 0.6) is 0 Å². The maximum Gasteiger partial charge on any atom is 0.0884 e. The summed E-state index contributed by atoms with van der Waals surface area (Å²) in [7, 11) is 0. The van der Waals surface area contributed by atoms with E-state index in [2.05, 4.69) is 59.2 Å². The van der Waals surface area contributed by atoms with Gasteiger partial charge in [0.1, 0.15) is 0 Å². The van der Waals surface area contributed by atoms with Crippen LogP contribution in [0.3, 0.4) is 0 Å². The molecule has 0 bridgehead atoms. The third-order valence-electron chi connectivity index (χ3n) is 3.69. The van der Waals surface area contributed by atoms with Gasteiger partial charge in [-0.2, -0.15) is 0 Å². The van der Waals surface area contributed by atoms with Crippen LogP contribution < -0.4 is 0 Å². The molecule has 3 aromatic rings. The summed E-state index contributed by atoms with van der Waals surface area (Å²) in [6, 6.07) is 21.2. The summed E-state index contributed by atoms with van der Waals surface area (Å²) in [6.45, 7) is 1.83. The van der Waals surface area contributed by atoms with Gasteiger partial charge in [0.25, 0.3) is 0 Å². The first-order valence-corrected chi connectivity index (χ1v) is 6.62. The lowest BCUT2D eigenvalue weighted by atomic mass is 10.1. The van der Waals surface area contributed by atoms with Gasteiger partial charge < -0.3 is 4.57 Å². The molecular weight excluding hydrogens is 232 g/mol. The summed E-state index contributed by atoms with van der Waals surface area (Å²) in [4.78, 5) is 4.73. The fraction of sp³-hybridized carbons (Fsp3) is 0.118. The second-order valence-corrected chi connectivity index (χ2v) is 4.84. The van der Waals surface area contributed by atoms with Gasteiger partial charge in [-0.25, -0.2) is 0 Å². The molecule has 0 spiro atoms. The van der Waals surface area contributed by atoms with Crippen LogP contribution in [0.25, 0.3) is 10.9 Å². The van der Waals surface area contributed by atoms with Crippen LogP contribution in [0.2, 0.25) is 0 Å². The molecule has 2 nitrogen and oxygen atoms in total. The van der Waals surface area contributed by atoms with Crippen LogP contribution in [0.1, 0.15) is 11.3 Å². The van der Waals surface area contributed by atoms with Crippen molar-refractivity contribution in [3.63, 3.8) is 0 Å². The van der Waals surface area contributed by atoms with Crippen LogP contribution >= 0.6 is 0 Å². The van der Waals surface area contributed by atoms with Gasteiger partial charge in [-0.1, -0.05) is 48.5 Å². The summed E-state index contributed by atoms with van der Waals surface area (Å²) in [5, 5.41) is 1.29. The zero-order valence-corrected chi connectivity index (χ0v) is 10.6. The maximum absolute atomic E-state index is 4.73. The van der Waals surface area contributed by atoms with Crippen LogP contribution in [-0.4, -0.2) is 16.8 Å². The van der Waals surface area contributed by atoms with Crippen LogP contribution in [-0.2, 0) is 6.54 Å². The minimum absolute atomic E-state index is 0.857. The number of aromatic nitrogens is 1. The van der Waals surface area contributed by atoms with Gasteiger partial charge in [-0.15, -0.1) is 0 Å². The van der Waals surface area contributed by atoms with Gasteiger partial charge in [0, 0.05) is 23.0 Å².